The number of aromatic nitrogens is 1. The molecule has 0 bridgehead atoms. The first kappa shape index (κ1) is 24.5. The number of fused-ring (bicyclic) bond motifs is 1. The Balaban J connectivity index is 1.50. The summed E-state index contributed by atoms with van der Waals surface area (Å²) in [5.41, 5.74) is 3.15. The lowest BCUT2D eigenvalue weighted by atomic mass is 10.1. The molecule has 1 fully saturated rings. The van der Waals surface area contributed by atoms with Crippen LogP contribution < -0.4 is 5.32 Å². The summed E-state index contributed by atoms with van der Waals surface area (Å²) >= 11 is 1.13. The lowest BCUT2D eigenvalue weighted by Crippen LogP contribution is -2.19. The molecule has 37 heavy (non-hydrogen) atoms. The number of aliphatic imine (C=N–C) groups is 1. The molecule has 1 aromatic heterocycles. The summed E-state index contributed by atoms with van der Waals surface area (Å²) in [5.74, 6) is -1.30. The zero-order valence-corrected chi connectivity index (χ0v) is 21.2. The molecule has 0 aliphatic carbocycles. The van der Waals surface area contributed by atoms with E-state index in [0.29, 0.717) is 37.8 Å². The van der Waals surface area contributed by atoms with Crippen molar-refractivity contribution in [2.45, 2.75) is 18.2 Å². The standard InChI is InChI=1S/C27H21N3O5S2/c1-17-9-11-21(12-10-17)37(34,35)30-16-19(22-7-2-3-8-23(22)30)15-24-26(33)29-27(36-24)28-20-6-4-5-18(13-20)14-25(31)32/h2-13,15-16H,14H2,1H3,(H,31,32)(H,28,29,33)/b24-15-. The summed E-state index contributed by atoms with van der Waals surface area (Å²) in [7, 11) is -3.86. The van der Waals surface area contributed by atoms with E-state index in [9.17, 15) is 18.0 Å². The number of carboxylic acid groups (broad SMARTS) is 1. The number of carboxylic acids is 1. The van der Waals surface area contributed by atoms with Gasteiger partial charge in [0.15, 0.2) is 5.17 Å². The van der Waals surface area contributed by atoms with Gasteiger partial charge in [-0.1, -0.05) is 48.0 Å². The van der Waals surface area contributed by atoms with Crippen LogP contribution in [0, 0.1) is 6.92 Å². The molecule has 1 amide bonds. The van der Waals surface area contributed by atoms with E-state index >= 15 is 0 Å². The van der Waals surface area contributed by atoms with Gasteiger partial charge in [0.25, 0.3) is 15.9 Å². The molecule has 0 radical (unpaired) electrons. The van der Waals surface area contributed by atoms with E-state index in [2.05, 4.69) is 10.3 Å². The largest absolute Gasteiger partial charge is 0.481 e. The first-order valence-electron chi connectivity index (χ1n) is 11.2. The molecule has 10 heteroatoms. The fraction of sp³-hybridized carbons (Fsp3) is 0.0741. The van der Waals surface area contributed by atoms with Crippen LogP contribution in [0.2, 0.25) is 0 Å². The average molecular weight is 532 g/mol. The van der Waals surface area contributed by atoms with Crippen molar-refractivity contribution in [3.63, 3.8) is 0 Å². The zero-order chi connectivity index (χ0) is 26.2. The van der Waals surface area contributed by atoms with Crippen LogP contribution in [-0.4, -0.2) is 34.5 Å². The molecule has 0 saturated carbocycles. The maximum atomic E-state index is 13.4. The number of aliphatic carboxylic acids is 1. The van der Waals surface area contributed by atoms with Gasteiger partial charge in [-0.2, -0.15) is 0 Å². The molecule has 4 aromatic rings. The third-order valence-electron chi connectivity index (χ3n) is 5.72. The maximum absolute atomic E-state index is 13.4. The van der Waals surface area contributed by atoms with Gasteiger partial charge in [-0.15, -0.1) is 0 Å². The van der Waals surface area contributed by atoms with Gasteiger partial charge in [0, 0.05) is 17.1 Å². The Bertz CT molecular complexity index is 1720. The fourth-order valence-corrected chi connectivity index (χ4v) is 6.17. The van der Waals surface area contributed by atoms with Crippen molar-refractivity contribution in [1.29, 1.82) is 0 Å². The minimum atomic E-state index is -3.86. The summed E-state index contributed by atoms with van der Waals surface area (Å²) in [6, 6.07) is 20.5. The van der Waals surface area contributed by atoms with Gasteiger partial charge in [-0.05, 0) is 60.7 Å². The predicted octanol–water partition coefficient (Wildman–Crippen LogP) is 4.71. The number of aryl methyl sites for hydroxylation is 1. The molecule has 5 rings (SSSR count). The van der Waals surface area contributed by atoms with Crippen molar-refractivity contribution in [2.75, 3.05) is 0 Å². The second kappa shape index (κ2) is 9.72. The number of thioether (sulfide) groups is 1. The van der Waals surface area contributed by atoms with Crippen LogP contribution >= 0.6 is 11.8 Å². The third kappa shape index (κ3) is 5.07. The SMILES string of the molecule is Cc1ccc(S(=O)(=O)n2cc(/C=C3\SC(=Nc4cccc(CC(=O)O)c4)NC3=O)c3ccccc32)cc1. The Morgan fingerprint density at radius 1 is 1.08 bits per heavy atom. The number of carbonyl (C=O) groups excluding carboxylic acids is 1. The van der Waals surface area contributed by atoms with Crippen molar-refractivity contribution in [3.05, 3.63) is 101 Å². The third-order valence-corrected chi connectivity index (χ3v) is 8.32. The van der Waals surface area contributed by atoms with Crippen molar-refractivity contribution in [2.24, 2.45) is 4.99 Å². The number of benzene rings is 3. The lowest BCUT2D eigenvalue weighted by Gasteiger charge is -2.07. The first-order valence-corrected chi connectivity index (χ1v) is 13.5. The number of amides is 1. The molecular weight excluding hydrogens is 510 g/mol. The maximum Gasteiger partial charge on any atom is 0.307 e. The number of carbonyl (C=O) groups is 2. The van der Waals surface area contributed by atoms with Crippen LogP contribution in [0.3, 0.4) is 0 Å². The normalized spacial score (nSPS) is 16.0. The van der Waals surface area contributed by atoms with Crippen LogP contribution in [0.4, 0.5) is 5.69 Å². The van der Waals surface area contributed by atoms with Crippen LogP contribution in [0.1, 0.15) is 16.7 Å². The highest BCUT2D eigenvalue weighted by molar-refractivity contribution is 8.18. The summed E-state index contributed by atoms with van der Waals surface area (Å²) in [5, 5.41) is 12.8. The highest BCUT2D eigenvalue weighted by atomic mass is 32.2. The minimum Gasteiger partial charge on any atom is -0.481 e. The molecular formula is C27H21N3O5S2. The molecule has 0 spiro atoms. The monoisotopic (exact) mass is 531 g/mol. The van der Waals surface area contributed by atoms with E-state index in [4.69, 9.17) is 5.11 Å². The number of hydrogen-bond acceptors (Lipinski definition) is 6. The number of amidine groups is 1. The molecule has 186 valence electrons. The summed E-state index contributed by atoms with van der Waals surface area (Å²) < 4.78 is 28.1. The van der Waals surface area contributed by atoms with Gasteiger partial charge in [-0.25, -0.2) is 17.4 Å². The van der Waals surface area contributed by atoms with Gasteiger partial charge in [0.2, 0.25) is 0 Å². The van der Waals surface area contributed by atoms with Crippen LogP contribution in [0.5, 0.6) is 0 Å². The van der Waals surface area contributed by atoms with Crippen molar-refractivity contribution >= 4 is 61.5 Å². The van der Waals surface area contributed by atoms with Crippen LogP contribution in [0.25, 0.3) is 17.0 Å². The van der Waals surface area contributed by atoms with Crippen LogP contribution in [-0.2, 0) is 26.0 Å². The molecule has 0 unspecified atom stereocenters. The Labute approximate surface area is 217 Å². The van der Waals surface area contributed by atoms with E-state index in [-0.39, 0.29) is 17.2 Å². The summed E-state index contributed by atoms with van der Waals surface area (Å²) in [4.78, 5) is 28.7. The van der Waals surface area contributed by atoms with Gasteiger partial charge >= 0.3 is 5.97 Å². The lowest BCUT2D eigenvalue weighted by molar-refractivity contribution is -0.136. The second-order valence-electron chi connectivity index (χ2n) is 8.44. The van der Waals surface area contributed by atoms with Gasteiger partial charge in [0.1, 0.15) is 0 Å². The highest BCUT2D eigenvalue weighted by Gasteiger charge is 2.26. The molecule has 3 aromatic carbocycles. The molecule has 8 nitrogen and oxygen atoms in total. The Kier molecular flexibility index (Phi) is 6.45. The van der Waals surface area contributed by atoms with Gasteiger partial charge < -0.3 is 10.4 Å². The van der Waals surface area contributed by atoms with Crippen molar-refractivity contribution in [1.82, 2.24) is 9.29 Å². The Hall–Kier alpha value is -4.15. The smallest absolute Gasteiger partial charge is 0.307 e. The zero-order valence-electron chi connectivity index (χ0n) is 19.6. The van der Waals surface area contributed by atoms with E-state index in [1.54, 1.807) is 66.7 Å². The average Bonchev–Trinajstić information content (AvgIpc) is 3.40. The number of para-hydroxylation sites is 1. The first-order chi connectivity index (χ1) is 17.7. The molecule has 1 aliphatic heterocycles. The molecule has 2 heterocycles. The highest BCUT2D eigenvalue weighted by Crippen LogP contribution is 2.32. The topological polar surface area (TPSA) is 118 Å². The quantitative estimate of drug-likeness (QED) is 0.348. The molecule has 0 atom stereocenters. The number of nitrogens with zero attached hydrogens (tertiary/aromatic N) is 2. The molecule has 2 N–H and O–H groups in total. The van der Waals surface area contributed by atoms with Gasteiger partial charge in [-0.3, -0.25) is 9.59 Å². The van der Waals surface area contributed by atoms with Crippen molar-refractivity contribution in [3.8, 4) is 0 Å². The number of hydrogen-bond donors (Lipinski definition) is 2. The molecule has 1 aliphatic rings. The van der Waals surface area contributed by atoms with E-state index in [1.807, 2.05) is 19.1 Å². The number of nitrogens with one attached hydrogen (secondary N) is 1. The Morgan fingerprint density at radius 2 is 1.84 bits per heavy atom. The van der Waals surface area contributed by atoms with E-state index in [1.165, 1.54) is 10.2 Å². The van der Waals surface area contributed by atoms with Crippen LogP contribution in [0.15, 0.2) is 93.8 Å². The molecule has 1 saturated heterocycles. The van der Waals surface area contributed by atoms with Crippen molar-refractivity contribution < 1.29 is 23.1 Å². The fourth-order valence-electron chi connectivity index (χ4n) is 3.96. The minimum absolute atomic E-state index is 0.126. The van der Waals surface area contributed by atoms with E-state index in [0.717, 1.165) is 17.3 Å². The summed E-state index contributed by atoms with van der Waals surface area (Å²) in [6.45, 7) is 1.89. The Morgan fingerprint density at radius 3 is 2.59 bits per heavy atom. The number of rotatable bonds is 6. The second-order valence-corrected chi connectivity index (χ2v) is 11.3. The predicted molar refractivity (Wildman–Crippen MR) is 144 cm³/mol. The summed E-state index contributed by atoms with van der Waals surface area (Å²) in [6.07, 6.45) is 3.04. The van der Waals surface area contributed by atoms with Gasteiger partial charge in [0.05, 0.1) is 27.4 Å². The van der Waals surface area contributed by atoms with E-state index < -0.39 is 16.0 Å².